The maximum absolute atomic E-state index is 5.70. The standard InChI is InChI=1S/C8H16O2S/c1-3-8(4-2)9-5-7(6-11)10-8/h7,11H,3-6H2,1-2H3. The zero-order chi connectivity index (χ0) is 8.32. The van der Waals surface area contributed by atoms with Gasteiger partial charge >= 0.3 is 0 Å². The minimum absolute atomic E-state index is 0.193. The molecule has 0 spiro atoms. The molecule has 3 heteroatoms. The fourth-order valence-corrected chi connectivity index (χ4v) is 1.51. The third-order valence-electron chi connectivity index (χ3n) is 2.19. The minimum atomic E-state index is -0.298. The first-order valence-electron chi connectivity index (χ1n) is 4.19. The minimum Gasteiger partial charge on any atom is -0.347 e. The van der Waals surface area contributed by atoms with Gasteiger partial charge in [0, 0.05) is 5.75 Å². The van der Waals surface area contributed by atoms with Crippen LogP contribution in [0.15, 0.2) is 0 Å². The summed E-state index contributed by atoms with van der Waals surface area (Å²) in [5.74, 6) is 0.454. The molecule has 2 nitrogen and oxygen atoms in total. The Balaban J connectivity index is 2.48. The number of hydrogen-bond donors (Lipinski definition) is 1. The predicted octanol–water partition coefficient (Wildman–Crippen LogP) is 1.85. The third-order valence-corrected chi connectivity index (χ3v) is 2.60. The lowest BCUT2D eigenvalue weighted by atomic mass is 10.1. The molecule has 0 radical (unpaired) electrons. The van der Waals surface area contributed by atoms with Crippen LogP contribution in [0, 0.1) is 0 Å². The molecule has 0 saturated carbocycles. The second kappa shape index (κ2) is 3.78. The smallest absolute Gasteiger partial charge is 0.168 e. The normalized spacial score (nSPS) is 29.2. The van der Waals surface area contributed by atoms with Crippen molar-refractivity contribution in [1.29, 1.82) is 0 Å². The molecule has 1 fully saturated rings. The van der Waals surface area contributed by atoms with E-state index in [0.717, 1.165) is 18.6 Å². The van der Waals surface area contributed by atoms with Gasteiger partial charge in [0.2, 0.25) is 0 Å². The molecule has 1 heterocycles. The molecule has 1 saturated heterocycles. The molecule has 0 aliphatic carbocycles. The molecule has 1 atom stereocenters. The molecule has 1 rings (SSSR count). The van der Waals surface area contributed by atoms with Crippen molar-refractivity contribution in [2.24, 2.45) is 0 Å². The number of thiol groups is 1. The van der Waals surface area contributed by atoms with Crippen LogP contribution in [-0.2, 0) is 9.47 Å². The fraction of sp³-hybridized carbons (Fsp3) is 1.00. The van der Waals surface area contributed by atoms with Gasteiger partial charge < -0.3 is 9.47 Å². The highest BCUT2D eigenvalue weighted by Gasteiger charge is 2.37. The predicted molar refractivity (Wildman–Crippen MR) is 48.0 cm³/mol. The van der Waals surface area contributed by atoms with Crippen LogP contribution in [-0.4, -0.2) is 24.3 Å². The Morgan fingerprint density at radius 1 is 1.45 bits per heavy atom. The van der Waals surface area contributed by atoms with Crippen LogP contribution in [0.2, 0.25) is 0 Å². The molecular weight excluding hydrogens is 160 g/mol. The lowest BCUT2D eigenvalue weighted by Crippen LogP contribution is -2.29. The summed E-state index contributed by atoms with van der Waals surface area (Å²) in [6.07, 6.45) is 2.04. The third kappa shape index (κ3) is 1.89. The summed E-state index contributed by atoms with van der Waals surface area (Å²) in [7, 11) is 0. The average Bonchev–Trinajstić information content (AvgIpc) is 2.49. The van der Waals surface area contributed by atoms with Crippen molar-refractivity contribution in [2.45, 2.75) is 38.6 Å². The topological polar surface area (TPSA) is 18.5 Å². The van der Waals surface area contributed by atoms with E-state index in [1.165, 1.54) is 0 Å². The van der Waals surface area contributed by atoms with Gasteiger partial charge in [-0.25, -0.2) is 0 Å². The molecule has 0 aromatic rings. The molecule has 1 aliphatic heterocycles. The lowest BCUT2D eigenvalue weighted by Gasteiger charge is -2.24. The van der Waals surface area contributed by atoms with E-state index >= 15 is 0 Å². The van der Waals surface area contributed by atoms with Crippen molar-refractivity contribution in [2.75, 3.05) is 12.4 Å². The van der Waals surface area contributed by atoms with Gasteiger partial charge in [-0.3, -0.25) is 0 Å². The summed E-state index contributed by atoms with van der Waals surface area (Å²) in [4.78, 5) is 0. The Morgan fingerprint density at radius 2 is 2.09 bits per heavy atom. The van der Waals surface area contributed by atoms with Gasteiger partial charge in [0.15, 0.2) is 5.79 Å². The second-order valence-corrected chi connectivity index (χ2v) is 3.22. The first-order valence-corrected chi connectivity index (χ1v) is 4.82. The molecule has 0 N–H and O–H groups in total. The highest BCUT2D eigenvalue weighted by molar-refractivity contribution is 7.80. The van der Waals surface area contributed by atoms with E-state index in [4.69, 9.17) is 9.47 Å². The van der Waals surface area contributed by atoms with Crippen LogP contribution in [0.5, 0.6) is 0 Å². The molecule has 66 valence electrons. The second-order valence-electron chi connectivity index (χ2n) is 2.85. The Labute approximate surface area is 73.7 Å². The molecule has 0 aromatic heterocycles. The molecule has 11 heavy (non-hydrogen) atoms. The summed E-state index contributed by atoms with van der Waals surface area (Å²) in [5, 5.41) is 0. The zero-order valence-electron chi connectivity index (χ0n) is 7.17. The molecule has 0 amide bonds. The fourth-order valence-electron chi connectivity index (χ4n) is 1.33. The Hall–Kier alpha value is 0.270. The molecule has 1 aliphatic rings. The van der Waals surface area contributed by atoms with Crippen LogP contribution in [0.25, 0.3) is 0 Å². The van der Waals surface area contributed by atoms with Crippen LogP contribution in [0.3, 0.4) is 0 Å². The first-order chi connectivity index (χ1) is 5.26. The van der Waals surface area contributed by atoms with E-state index in [-0.39, 0.29) is 11.9 Å². The van der Waals surface area contributed by atoms with Crippen LogP contribution in [0.1, 0.15) is 26.7 Å². The van der Waals surface area contributed by atoms with Gasteiger partial charge in [0.05, 0.1) is 12.7 Å². The first kappa shape index (κ1) is 9.36. The zero-order valence-corrected chi connectivity index (χ0v) is 8.06. The highest BCUT2D eigenvalue weighted by atomic mass is 32.1. The van der Waals surface area contributed by atoms with E-state index in [9.17, 15) is 0 Å². The van der Waals surface area contributed by atoms with Crippen molar-refractivity contribution in [3.63, 3.8) is 0 Å². The largest absolute Gasteiger partial charge is 0.347 e. The maximum atomic E-state index is 5.70. The van der Waals surface area contributed by atoms with Gasteiger partial charge in [0.25, 0.3) is 0 Å². The van der Waals surface area contributed by atoms with Gasteiger partial charge in [-0.05, 0) is 12.8 Å². The van der Waals surface area contributed by atoms with Crippen LogP contribution >= 0.6 is 12.6 Å². The van der Waals surface area contributed by atoms with E-state index in [1.54, 1.807) is 0 Å². The highest BCUT2D eigenvalue weighted by Crippen LogP contribution is 2.30. The van der Waals surface area contributed by atoms with Crippen molar-refractivity contribution >= 4 is 12.6 Å². The van der Waals surface area contributed by atoms with Gasteiger partial charge in [-0.15, -0.1) is 0 Å². The summed E-state index contributed by atoms with van der Waals surface area (Å²) in [5.41, 5.74) is 0. The molecule has 1 unspecified atom stereocenters. The summed E-state index contributed by atoms with van der Waals surface area (Å²) in [6, 6.07) is 0. The molecule has 0 aromatic carbocycles. The number of hydrogen-bond acceptors (Lipinski definition) is 3. The Morgan fingerprint density at radius 3 is 2.36 bits per heavy atom. The lowest BCUT2D eigenvalue weighted by molar-refractivity contribution is -0.169. The quantitative estimate of drug-likeness (QED) is 0.661. The van der Waals surface area contributed by atoms with Gasteiger partial charge in [0.1, 0.15) is 0 Å². The SMILES string of the molecule is CCC1(CC)OCC(CS)O1. The van der Waals surface area contributed by atoms with Crippen molar-refractivity contribution in [1.82, 2.24) is 0 Å². The monoisotopic (exact) mass is 176 g/mol. The van der Waals surface area contributed by atoms with E-state index in [1.807, 2.05) is 0 Å². The summed E-state index contributed by atoms with van der Waals surface area (Å²) in [6.45, 7) is 4.87. The van der Waals surface area contributed by atoms with E-state index < -0.39 is 0 Å². The number of ether oxygens (including phenoxy) is 2. The summed E-state index contributed by atoms with van der Waals surface area (Å²) >= 11 is 4.17. The van der Waals surface area contributed by atoms with Gasteiger partial charge in [-0.2, -0.15) is 12.6 Å². The van der Waals surface area contributed by atoms with E-state index in [0.29, 0.717) is 6.61 Å². The van der Waals surface area contributed by atoms with Crippen molar-refractivity contribution in [3.8, 4) is 0 Å². The molecular formula is C8H16O2S. The van der Waals surface area contributed by atoms with Crippen LogP contribution < -0.4 is 0 Å². The summed E-state index contributed by atoms with van der Waals surface area (Å²) < 4.78 is 11.3. The Bertz CT molecular complexity index is 123. The van der Waals surface area contributed by atoms with Crippen molar-refractivity contribution < 1.29 is 9.47 Å². The van der Waals surface area contributed by atoms with Gasteiger partial charge in [-0.1, -0.05) is 13.8 Å². The Kier molecular flexibility index (Phi) is 3.22. The number of rotatable bonds is 3. The average molecular weight is 176 g/mol. The van der Waals surface area contributed by atoms with Crippen LogP contribution in [0.4, 0.5) is 0 Å². The van der Waals surface area contributed by atoms with Crippen molar-refractivity contribution in [3.05, 3.63) is 0 Å². The van der Waals surface area contributed by atoms with E-state index in [2.05, 4.69) is 26.5 Å². The maximum Gasteiger partial charge on any atom is 0.168 e. The molecule has 0 bridgehead atoms.